The molecule has 2 fully saturated rings. The number of nitrogens with zero attached hydrogens (tertiary/aromatic N) is 5. The smallest absolute Gasteiger partial charge is 0.338 e. The van der Waals surface area contributed by atoms with Crippen LogP contribution in [0.3, 0.4) is 0 Å². The molecular weight excluding hydrogens is 677 g/mol. The lowest BCUT2D eigenvalue weighted by molar-refractivity contribution is 0.0525. The average molecular weight is 715 g/mol. The molecule has 2 saturated heterocycles. The van der Waals surface area contributed by atoms with Crippen molar-refractivity contribution >= 4 is 38.5 Å². The fourth-order valence-corrected chi connectivity index (χ4v) is 6.99. The van der Waals surface area contributed by atoms with Crippen LogP contribution >= 0.6 is 0 Å². The van der Waals surface area contributed by atoms with Gasteiger partial charge in [-0.25, -0.2) is 41.3 Å². The Kier molecular flexibility index (Phi) is 10.4. The Bertz CT molecular complexity index is 2000. The molecular formula is C34H37F3N6O6S. The number of fused-ring (bicyclic) bond motifs is 1. The van der Waals surface area contributed by atoms with E-state index < -0.39 is 39.4 Å². The molecule has 0 unspecified atom stereocenters. The first-order valence-electron chi connectivity index (χ1n) is 16.2. The molecule has 6 rings (SSSR count). The summed E-state index contributed by atoms with van der Waals surface area (Å²) >= 11 is 0. The van der Waals surface area contributed by atoms with Gasteiger partial charge in [-0.1, -0.05) is 0 Å². The van der Waals surface area contributed by atoms with Crippen LogP contribution in [0.25, 0.3) is 22.2 Å². The van der Waals surface area contributed by atoms with Gasteiger partial charge in [0, 0.05) is 42.3 Å². The van der Waals surface area contributed by atoms with Crippen molar-refractivity contribution in [3.63, 3.8) is 0 Å². The van der Waals surface area contributed by atoms with Crippen LogP contribution < -0.4 is 14.4 Å². The van der Waals surface area contributed by atoms with Crippen molar-refractivity contribution in [2.45, 2.75) is 32.2 Å². The number of methoxy groups -OCH3 is 1. The summed E-state index contributed by atoms with van der Waals surface area (Å²) in [6.07, 6.45) is 3.36. The van der Waals surface area contributed by atoms with E-state index in [0.717, 1.165) is 18.4 Å². The molecule has 2 aliphatic rings. The third-order valence-corrected chi connectivity index (χ3v) is 9.31. The number of aromatic nitrogens is 3. The molecule has 4 heterocycles. The number of carbonyl (C=O) groups excluding carboxylic acids is 1. The number of hydrogen-bond acceptors (Lipinski definition) is 11. The fourth-order valence-electron chi connectivity index (χ4n) is 6.44. The Balaban J connectivity index is 1.33. The van der Waals surface area contributed by atoms with E-state index in [4.69, 9.17) is 24.2 Å². The quantitative estimate of drug-likeness (QED) is 0.225. The molecule has 2 aliphatic heterocycles. The van der Waals surface area contributed by atoms with E-state index in [2.05, 4.69) is 14.6 Å². The van der Waals surface area contributed by atoms with Gasteiger partial charge in [-0.3, -0.25) is 9.62 Å². The number of pyridine rings is 1. The molecule has 0 bridgehead atoms. The topological polar surface area (TPSA) is 136 Å². The van der Waals surface area contributed by atoms with Gasteiger partial charge in [0.15, 0.2) is 0 Å². The first-order chi connectivity index (χ1) is 23.9. The summed E-state index contributed by atoms with van der Waals surface area (Å²) < 4.78 is 87.9. The number of carbonyl (C=O) groups is 1. The van der Waals surface area contributed by atoms with Gasteiger partial charge >= 0.3 is 5.97 Å². The molecule has 2 aromatic carbocycles. The van der Waals surface area contributed by atoms with E-state index in [1.807, 2.05) is 4.90 Å². The summed E-state index contributed by atoms with van der Waals surface area (Å²) in [6, 6.07) is 6.32. The van der Waals surface area contributed by atoms with Gasteiger partial charge < -0.3 is 19.1 Å². The first-order valence-corrected chi connectivity index (χ1v) is 18.1. The Morgan fingerprint density at radius 2 is 1.72 bits per heavy atom. The molecule has 2 aromatic heterocycles. The lowest BCUT2D eigenvalue weighted by Gasteiger charge is -2.33. The van der Waals surface area contributed by atoms with Crippen LogP contribution in [-0.2, 0) is 26.0 Å². The monoisotopic (exact) mass is 714 g/mol. The van der Waals surface area contributed by atoms with Crippen LogP contribution in [-0.4, -0.2) is 93.6 Å². The number of likely N-dealkylation sites (tertiary alicyclic amines) is 1. The molecule has 0 radical (unpaired) electrons. The number of ether oxygens (including phenoxy) is 3. The number of halogens is 3. The predicted octanol–water partition coefficient (Wildman–Crippen LogP) is 4.88. The standard InChI is InChI=1S/C34H37F3N6O6S/c1-4-49-33(44)21-14-26(36)29(27(37)15-21)20-5-7-42(8-6-20)19-23-13-24(35)17-25-30(39-34(40-31(23)25)43-9-11-48-12-10-43)22-16-28(41-50(3,45)46)32(47-2)38-18-22/h13-18,20,41H,4-12,19H2,1-3H3. The fraction of sp³-hybridized carbons (Fsp3) is 0.412. The zero-order chi connectivity index (χ0) is 35.6. The van der Waals surface area contributed by atoms with Crippen molar-refractivity contribution in [1.29, 1.82) is 0 Å². The summed E-state index contributed by atoms with van der Waals surface area (Å²) in [7, 11) is -2.32. The van der Waals surface area contributed by atoms with Crippen molar-refractivity contribution in [1.82, 2.24) is 19.9 Å². The van der Waals surface area contributed by atoms with Crippen LogP contribution in [0.4, 0.5) is 24.8 Å². The van der Waals surface area contributed by atoms with Gasteiger partial charge in [0.2, 0.25) is 21.9 Å². The lowest BCUT2D eigenvalue weighted by atomic mass is 9.88. The van der Waals surface area contributed by atoms with Crippen molar-refractivity contribution in [3.8, 4) is 17.1 Å². The van der Waals surface area contributed by atoms with Crippen LogP contribution in [0.1, 0.15) is 47.2 Å². The Hall–Kier alpha value is -4.54. The summed E-state index contributed by atoms with van der Waals surface area (Å²) in [5.41, 5.74) is 1.71. The largest absolute Gasteiger partial charge is 0.480 e. The number of nitrogens with one attached hydrogen (secondary N) is 1. The zero-order valence-corrected chi connectivity index (χ0v) is 28.7. The molecule has 4 aromatic rings. The molecule has 0 atom stereocenters. The maximum Gasteiger partial charge on any atom is 0.338 e. The number of piperidine rings is 1. The summed E-state index contributed by atoms with van der Waals surface area (Å²) in [4.78, 5) is 30.1. The molecule has 266 valence electrons. The van der Waals surface area contributed by atoms with Crippen LogP contribution in [0.5, 0.6) is 5.88 Å². The second-order valence-electron chi connectivity index (χ2n) is 12.2. The average Bonchev–Trinajstić information content (AvgIpc) is 3.08. The minimum atomic E-state index is -3.69. The van der Waals surface area contributed by atoms with Gasteiger partial charge in [-0.2, -0.15) is 0 Å². The van der Waals surface area contributed by atoms with E-state index in [-0.39, 0.29) is 29.3 Å². The molecule has 0 saturated carbocycles. The maximum atomic E-state index is 15.4. The zero-order valence-electron chi connectivity index (χ0n) is 27.8. The molecule has 12 nitrogen and oxygen atoms in total. The molecule has 0 spiro atoms. The van der Waals surface area contributed by atoms with Crippen LogP contribution in [0, 0.1) is 17.5 Å². The molecule has 1 N–H and O–H groups in total. The van der Waals surface area contributed by atoms with Crippen molar-refractivity contribution in [2.24, 2.45) is 0 Å². The van der Waals surface area contributed by atoms with Crippen molar-refractivity contribution in [3.05, 3.63) is 70.7 Å². The summed E-state index contributed by atoms with van der Waals surface area (Å²) in [5.74, 6) is -2.84. The lowest BCUT2D eigenvalue weighted by Crippen LogP contribution is -2.37. The van der Waals surface area contributed by atoms with E-state index in [9.17, 15) is 13.2 Å². The highest BCUT2D eigenvalue weighted by atomic mass is 32.2. The highest BCUT2D eigenvalue weighted by Crippen LogP contribution is 2.37. The minimum absolute atomic E-state index is 0.0518. The van der Waals surface area contributed by atoms with Crippen molar-refractivity contribution in [2.75, 3.05) is 69.0 Å². The molecule has 50 heavy (non-hydrogen) atoms. The van der Waals surface area contributed by atoms with E-state index >= 15 is 13.2 Å². The number of morpholine rings is 1. The second kappa shape index (κ2) is 14.7. The molecule has 0 amide bonds. The normalized spacial score (nSPS) is 16.1. The number of benzene rings is 2. The van der Waals surface area contributed by atoms with Gasteiger partial charge in [0.1, 0.15) is 23.1 Å². The SMILES string of the molecule is CCOC(=O)c1cc(F)c(C2CCN(Cc3cc(F)cc4c(-c5cnc(OC)c(NS(C)(=O)=O)c5)nc(N5CCOCC5)nc34)CC2)c(F)c1. The van der Waals surface area contributed by atoms with Crippen molar-refractivity contribution < 1.29 is 40.6 Å². The third-order valence-electron chi connectivity index (χ3n) is 8.72. The minimum Gasteiger partial charge on any atom is -0.480 e. The summed E-state index contributed by atoms with van der Waals surface area (Å²) in [5, 5.41) is 0.398. The third kappa shape index (κ3) is 7.76. The Morgan fingerprint density at radius 1 is 1.02 bits per heavy atom. The first kappa shape index (κ1) is 35.3. The van der Waals surface area contributed by atoms with Crippen LogP contribution in [0.15, 0.2) is 36.5 Å². The number of anilines is 2. The number of rotatable bonds is 10. The second-order valence-corrected chi connectivity index (χ2v) is 14.0. The van der Waals surface area contributed by atoms with E-state index in [0.29, 0.717) is 92.5 Å². The Labute approximate surface area is 287 Å². The van der Waals surface area contributed by atoms with Gasteiger partial charge in [0.25, 0.3) is 0 Å². The summed E-state index contributed by atoms with van der Waals surface area (Å²) in [6.45, 7) is 4.96. The van der Waals surface area contributed by atoms with E-state index in [1.165, 1.54) is 31.5 Å². The van der Waals surface area contributed by atoms with Crippen LogP contribution in [0.2, 0.25) is 0 Å². The van der Waals surface area contributed by atoms with Gasteiger partial charge in [-0.05, 0) is 74.7 Å². The van der Waals surface area contributed by atoms with Gasteiger partial charge in [-0.15, -0.1) is 0 Å². The Morgan fingerprint density at radius 3 is 2.36 bits per heavy atom. The number of hydrogen-bond donors (Lipinski definition) is 1. The predicted molar refractivity (Wildman–Crippen MR) is 180 cm³/mol. The maximum absolute atomic E-state index is 15.4. The van der Waals surface area contributed by atoms with Gasteiger partial charge in [0.05, 0.1) is 50.0 Å². The van der Waals surface area contributed by atoms with E-state index in [1.54, 1.807) is 6.92 Å². The number of esters is 1. The molecule has 0 aliphatic carbocycles. The highest BCUT2D eigenvalue weighted by Gasteiger charge is 2.28. The number of sulfonamides is 1. The highest BCUT2D eigenvalue weighted by molar-refractivity contribution is 7.92. The molecule has 16 heteroatoms.